The maximum Gasteiger partial charge on any atom is 0.225 e. The number of halogens is 3. The van der Waals surface area contributed by atoms with Gasteiger partial charge in [0.2, 0.25) is 5.91 Å². The van der Waals surface area contributed by atoms with Crippen molar-refractivity contribution in [2.45, 2.75) is 19.4 Å². The van der Waals surface area contributed by atoms with Gasteiger partial charge in [0.25, 0.3) is 0 Å². The first-order valence-corrected chi connectivity index (χ1v) is 7.20. The molecule has 1 amide bonds. The lowest BCUT2D eigenvalue weighted by molar-refractivity contribution is -0.121. The van der Waals surface area contributed by atoms with Crippen LogP contribution in [0.1, 0.15) is 24.1 Å². The van der Waals surface area contributed by atoms with Crippen molar-refractivity contribution in [3.05, 3.63) is 69.5 Å². The molecule has 1 unspecified atom stereocenters. The van der Waals surface area contributed by atoms with E-state index in [4.69, 9.17) is 23.2 Å². The molecule has 2 aromatic rings. The molecular formula is C16H14Cl2FNO. The van der Waals surface area contributed by atoms with Gasteiger partial charge in [0.1, 0.15) is 5.82 Å². The van der Waals surface area contributed by atoms with Crippen LogP contribution in [0.4, 0.5) is 4.39 Å². The van der Waals surface area contributed by atoms with E-state index in [0.717, 1.165) is 5.56 Å². The predicted octanol–water partition coefficient (Wildman–Crippen LogP) is 4.55. The minimum absolute atomic E-state index is 0.0938. The molecule has 0 heterocycles. The van der Waals surface area contributed by atoms with E-state index in [1.54, 1.807) is 18.2 Å². The van der Waals surface area contributed by atoms with Crippen LogP contribution >= 0.6 is 23.2 Å². The molecule has 1 atom stereocenters. The number of carbonyl (C=O) groups is 1. The van der Waals surface area contributed by atoms with Gasteiger partial charge in [-0.15, -0.1) is 0 Å². The summed E-state index contributed by atoms with van der Waals surface area (Å²) in [6.07, 6.45) is -0.0938. The van der Waals surface area contributed by atoms with E-state index < -0.39 is 5.82 Å². The highest BCUT2D eigenvalue weighted by Gasteiger charge is 2.14. The summed E-state index contributed by atoms with van der Waals surface area (Å²) in [5.41, 5.74) is 1.13. The van der Waals surface area contributed by atoms with Gasteiger partial charge in [-0.3, -0.25) is 4.79 Å². The minimum Gasteiger partial charge on any atom is -0.349 e. The van der Waals surface area contributed by atoms with E-state index in [1.807, 2.05) is 19.1 Å². The first-order valence-electron chi connectivity index (χ1n) is 6.45. The first-order chi connectivity index (χ1) is 9.97. The Balaban J connectivity index is 2.03. The Kier molecular flexibility index (Phi) is 5.21. The van der Waals surface area contributed by atoms with E-state index in [1.165, 1.54) is 12.1 Å². The molecule has 0 aromatic heterocycles. The van der Waals surface area contributed by atoms with Crippen molar-refractivity contribution in [1.82, 2.24) is 5.32 Å². The molecule has 2 aromatic carbocycles. The van der Waals surface area contributed by atoms with Gasteiger partial charge in [-0.25, -0.2) is 4.39 Å². The van der Waals surface area contributed by atoms with Crippen molar-refractivity contribution in [2.75, 3.05) is 0 Å². The quantitative estimate of drug-likeness (QED) is 0.877. The molecule has 2 rings (SSSR count). The lowest BCUT2D eigenvalue weighted by Crippen LogP contribution is -2.28. The molecule has 1 N–H and O–H groups in total. The Bertz CT molecular complexity index is 623. The zero-order chi connectivity index (χ0) is 15.4. The highest BCUT2D eigenvalue weighted by molar-refractivity contribution is 6.31. The predicted molar refractivity (Wildman–Crippen MR) is 83.1 cm³/mol. The molecule has 0 aliphatic carbocycles. The smallest absolute Gasteiger partial charge is 0.225 e. The van der Waals surface area contributed by atoms with Crippen LogP contribution in [0.2, 0.25) is 10.0 Å². The molecule has 0 aliphatic rings. The third-order valence-electron chi connectivity index (χ3n) is 3.15. The first kappa shape index (κ1) is 15.8. The third kappa shape index (κ3) is 4.19. The van der Waals surface area contributed by atoms with Gasteiger partial charge in [0, 0.05) is 15.6 Å². The summed E-state index contributed by atoms with van der Waals surface area (Å²) in [6, 6.07) is 11.4. The van der Waals surface area contributed by atoms with Crippen LogP contribution in [-0.2, 0) is 11.2 Å². The van der Waals surface area contributed by atoms with Crippen LogP contribution in [0.3, 0.4) is 0 Å². The summed E-state index contributed by atoms with van der Waals surface area (Å²) >= 11 is 11.7. The second-order valence-electron chi connectivity index (χ2n) is 4.72. The Labute approximate surface area is 132 Å². The van der Waals surface area contributed by atoms with Crippen molar-refractivity contribution in [1.29, 1.82) is 0 Å². The average Bonchev–Trinajstić information content (AvgIpc) is 2.43. The Morgan fingerprint density at radius 2 is 1.86 bits per heavy atom. The molecule has 2 nitrogen and oxygen atoms in total. The van der Waals surface area contributed by atoms with Crippen molar-refractivity contribution >= 4 is 29.1 Å². The molecule has 0 radical (unpaired) electrons. The maximum absolute atomic E-state index is 13.6. The van der Waals surface area contributed by atoms with Crippen LogP contribution in [0.15, 0.2) is 42.5 Å². The molecule has 21 heavy (non-hydrogen) atoms. The third-order valence-corrected chi connectivity index (χ3v) is 3.75. The lowest BCUT2D eigenvalue weighted by atomic mass is 10.1. The zero-order valence-electron chi connectivity index (χ0n) is 11.4. The SMILES string of the molecule is CC(NC(=O)Cc1c(F)cccc1Cl)c1ccc(Cl)cc1. The number of rotatable bonds is 4. The zero-order valence-corrected chi connectivity index (χ0v) is 12.9. The van der Waals surface area contributed by atoms with E-state index in [2.05, 4.69) is 5.32 Å². The monoisotopic (exact) mass is 325 g/mol. The van der Waals surface area contributed by atoms with Crippen molar-refractivity contribution in [2.24, 2.45) is 0 Å². The van der Waals surface area contributed by atoms with E-state index in [-0.39, 0.29) is 29.0 Å². The highest BCUT2D eigenvalue weighted by Crippen LogP contribution is 2.20. The van der Waals surface area contributed by atoms with E-state index in [0.29, 0.717) is 5.02 Å². The fourth-order valence-corrected chi connectivity index (χ4v) is 2.34. The Hall–Kier alpha value is -1.58. The molecule has 0 bridgehead atoms. The second kappa shape index (κ2) is 6.92. The van der Waals surface area contributed by atoms with Gasteiger partial charge < -0.3 is 5.32 Å². The number of nitrogens with one attached hydrogen (secondary N) is 1. The van der Waals surface area contributed by atoms with Crippen LogP contribution < -0.4 is 5.32 Å². The molecule has 0 saturated carbocycles. The summed E-state index contributed by atoms with van der Waals surface area (Å²) in [7, 11) is 0. The van der Waals surface area contributed by atoms with Crippen LogP contribution in [0.25, 0.3) is 0 Å². The topological polar surface area (TPSA) is 29.1 Å². The van der Waals surface area contributed by atoms with Gasteiger partial charge in [0.05, 0.1) is 12.5 Å². The second-order valence-corrected chi connectivity index (χ2v) is 5.56. The fourth-order valence-electron chi connectivity index (χ4n) is 1.99. The summed E-state index contributed by atoms with van der Waals surface area (Å²) in [4.78, 5) is 12.0. The number of hydrogen-bond acceptors (Lipinski definition) is 1. The average molecular weight is 326 g/mol. The minimum atomic E-state index is -0.475. The summed E-state index contributed by atoms with van der Waals surface area (Å²) in [5.74, 6) is -0.763. The summed E-state index contributed by atoms with van der Waals surface area (Å²) < 4.78 is 13.6. The highest BCUT2D eigenvalue weighted by atomic mass is 35.5. The molecule has 0 spiro atoms. The van der Waals surface area contributed by atoms with Gasteiger partial charge >= 0.3 is 0 Å². The summed E-state index contributed by atoms with van der Waals surface area (Å²) in [6.45, 7) is 1.85. The largest absolute Gasteiger partial charge is 0.349 e. The Morgan fingerprint density at radius 1 is 1.19 bits per heavy atom. The molecule has 110 valence electrons. The van der Waals surface area contributed by atoms with Gasteiger partial charge in [0.15, 0.2) is 0 Å². The Morgan fingerprint density at radius 3 is 2.48 bits per heavy atom. The van der Waals surface area contributed by atoms with E-state index >= 15 is 0 Å². The van der Waals surface area contributed by atoms with Crippen molar-refractivity contribution in [3.63, 3.8) is 0 Å². The van der Waals surface area contributed by atoms with Crippen molar-refractivity contribution in [3.8, 4) is 0 Å². The lowest BCUT2D eigenvalue weighted by Gasteiger charge is -2.15. The summed E-state index contributed by atoms with van der Waals surface area (Å²) in [5, 5.41) is 3.70. The maximum atomic E-state index is 13.6. The fraction of sp³-hybridized carbons (Fsp3) is 0.188. The van der Waals surface area contributed by atoms with Crippen LogP contribution in [-0.4, -0.2) is 5.91 Å². The molecule has 5 heteroatoms. The van der Waals surface area contributed by atoms with Gasteiger partial charge in [-0.1, -0.05) is 41.4 Å². The molecular weight excluding hydrogens is 312 g/mol. The molecule has 0 fully saturated rings. The number of carbonyl (C=O) groups excluding carboxylic acids is 1. The molecule has 0 saturated heterocycles. The van der Waals surface area contributed by atoms with E-state index in [9.17, 15) is 9.18 Å². The van der Waals surface area contributed by atoms with Crippen LogP contribution in [0.5, 0.6) is 0 Å². The van der Waals surface area contributed by atoms with Gasteiger partial charge in [-0.05, 0) is 36.8 Å². The normalized spacial score (nSPS) is 12.0. The van der Waals surface area contributed by atoms with Gasteiger partial charge in [-0.2, -0.15) is 0 Å². The molecule has 0 aliphatic heterocycles. The van der Waals surface area contributed by atoms with Crippen LogP contribution in [0, 0.1) is 5.82 Å². The number of hydrogen-bond donors (Lipinski definition) is 1. The number of benzene rings is 2. The standard InChI is InChI=1S/C16H14Cl2FNO/c1-10(11-5-7-12(17)8-6-11)20-16(21)9-13-14(18)3-2-4-15(13)19/h2-8,10H,9H2,1H3,(H,20,21). The number of amides is 1. The van der Waals surface area contributed by atoms with Crippen molar-refractivity contribution < 1.29 is 9.18 Å².